The molecule has 0 unspecified atom stereocenters. The Balaban J connectivity index is 1.78. The van der Waals surface area contributed by atoms with Gasteiger partial charge in [0, 0.05) is 6.07 Å². The van der Waals surface area contributed by atoms with Crippen LogP contribution in [0.1, 0.15) is 5.01 Å². The molecule has 0 aliphatic carbocycles. The number of ether oxygens (including phenoxy) is 1. The maximum atomic E-state index is 12.9. The van der Waals surface area contributed by atoms with E-state index in [0.717, 1.165) is 15.2 Å². The Morgan fingerprint density at radius 3 is 2.84 bits per heavy atom. The van der Waals surface area contributed by atoms with Crippen molar-refractivity contribution in [1.82, 2.24) is 4.98 Å². The van der Waals surface area contributed by atoms with E-state index in [1.54, 1.807) is 11.3 Å². The van der Waals surface area contributed by atoms with Crippen molar-refractivity contribution in [2.24, 2.45) is 0 Å². The zero-order chi connectivity index (χ0) is 13.2. The standard InChI is InChI=1S/C14H11FN2OS/c15-9-5-6-12(10(16)7-9)18-8-14-17-11-3-1-2-4-13(11)19-14/h1-7H,8,16H2. The van der Waals surface area contributed by atoms with E-state index in [1.165, 1.54) is 18.2 Å². The average molecular weight is 274 g/mol. The highest BCUT2D eigenvalue weighted by molar-refractivity contribution is 7.18. The number of anilines is 1. The van der Waals surface area contributed by atoms with Crippen LogP contribution in [0.25, 0.3) is 10.2 Å². The molecule has 19 heavy (non-hydrogen) atoms. The molecule has 1 heterocycles. The van der Waals surface area contributed by atoms with Gasteiger partial charge in [-0.2, -0.15) is 0 Å². The second-order valence-electron chi connectivity index (χ2n) is 4.05. The predicted molar refractivity (Wildman–Crippen MR) is 74.8 cm³/mol. The maximum absolute atomic E-state index is 12.9. The molecule has 0 radical (unpaired) electrons. The summed E-state index contributed by atoms with van der Waals surface area (Å²) in [7, 11) is 0. The summed E-state index contributed by atoms with van der Waals surface area (Å²) in [4.78, 5) is 4.45. The zero-order valence-electron chi connectivity index (χ0n) is 9.97. The minimum Gasteiger partial charge on any atom is -0.484 e. The molecule has 0 aliphatic rings. The summed E-state index contributed by atoms with van der Waals surface area (Å²) in [6.07, 6.45) is 0. The van der Waals surface area contributed by atoms with E-state index in [9.17, 15) is 4.39 Å². The summed E-state index contributed by atoms with van der Waals surface area (Å²) >= 11 is 1.57. The van der Waals surface area contributed by atoms with Crippen LogP contribution < -0.4 is 10.5 Å². The van der Waals surface area contributed by atoms with Gasteiger partial charge in [-0.1, -0.05) is 12.1 Å². The van der Waals surface area contributed by atoms with Gasteiger partial charge in [-0.15, -0.1) is 11.3 Å². The fraction of sp³-hybridized carbons (Fsp3) is 0.0714. The Morgan fingerprint density at radius 2 is 2.05 bits per heavy atom. The second-order valence-corrected chi connectivity index (χ2v) is 5.16. The van der Waals surface area contributed by atoms with Crippen molar-refractivity contribution >= 4 is 27.2 Å². The Hall–Kier alpha value is -2.14. The van der Waals surface area contributed by atoms with Crippen LogP contribution in [0.15, 0.2) is 42.5 Å². The minimum absolute atomic E-state index is 0.293. The number of nitrogens with two attached hydrogens (primary N) is 1. The third kappa shape index (κ3) is 2.51. The molecule has 96 valence electrons. The van der Waals surface area contributed by atoms with Gasteiger partial charge in [-0.25, -0.2) is 9.37 Å². The zero-order valence-corrected chi connectivity index (χ0v) is 10.8. The monoisotopic (exact) mass is 274 g/mol. The lowest BCUT2D eigenvalue weighted by atomic mass is 10.3. The smallest absolute Gasteiger partial charge is 0.143 e. The molecule has 2 N–H and O–H groups in total. The molecule has 1 aromatic heterocycles. The summed E-state index contributed by atoms with van der Waals surface area (Å²) < 4.78 is 19.6. The lowest BCUT2D eigenvalue weighted by Gasteiger charge is -2.06. The van der Waals surface area contributed by atoms with Crippen LogP contribution in [-0.4, -0.2) is 4.98 Å². The molecular formula is C14H11FN2OS. The first-order chi connectivity index (χ1) is 9.22. The Kier molecular flexibility index (Phi) is 3.05. The highest BCUT2D eigenvalue weighted by Crippen LogP contribution is 2.25. The van der Waals surface area contributed by atoms with Crippen LogP contribution in [-0.2, 0) is 6.61 Å². The predicted octanol–water partition coefficient (Wildman–Crippen LogP) is 3.60. The van der Waals surface area contributed by atoms with E-state index in [0.29, 0.717) is 18.0 Å². The van der Waals surface area contributed by atoms with Gasteiger partial charge in [0.05, 0.1) is 15.9 Å². The second kappa shape index (κ2) is 4.85. The van der Waals surface area contributed by atoms with Gasteiger partial charge in [0.1, 0.15) is 23.2 Å². The number of hydrogen-bond donors (Lipinski definition) is 1. The number of hydrogen-bond acceptors (Lipinski definition) is 4. The van der Waals surface area contributed by atoms with Gasteiger partial charge < -0.3 is 10.5 Å². The SMILES string of the molecule is Nc1cc(F)ccc1OCc1nc2ccccc2s1. The number of aromatic nitrogens is 1. The molecule has 2 aromatic carbocycles. The maximum Gasteiger partial charge on any atom is 0.143 e. The highest BCUT2D eigenvalue weighted by atomic mass is 32.1. The molecule has 0 atom stereocenters. The molecule has 0 saturated carbocycles. The number of benzene rings is 2. The summed E-state index contributed by atoms with van der Waals surface area (Å²) in [5, 5.41) is 0.866. The van der Waals surface area contributed by atoms with Crippen molar-refractivity contribution in [1.29, 1.82) is 0 Å². The van der Waals surface area contributed by atoms with Crippen LogP contribution in [0.3, 0.4) is 0 Å². The van der Waals surface area contributed by atoms with Crippen LogP contribution in [0.2, 0.25) is 0 Å². The molecule has 3 rings (SSSR count). The van der Waals surface area contributed by atoms with E-state index in [-0.39, 0.29) is 5.82 Å². The fourth-order valence-electron chi connectivity index (χ4n) is 1.77. The molecule has 0 saturated heterocycles. The molecule has 0 aliphatic heterocycles. The van der Waals surface area contributed by atoms with Crippen molar-refractivity contribution in [2.75, 3.05) is 5.73 Å². The molecule has 0 spiro atoms. The lowest BCUT2D eigenvalue weighted by Crippen LogP contribution is -1.98. The van der Waals surface area contributed by atoms with Crippen molar-refractivity contribution in [3.8, 4) is 5.75 Å². The van der Waals surface area contributed by atoms with Crippen LogP contribution in [0.5, 0.6) is 5.75 Å². The molecule has 0 fully saturated rings. The number of halogens is 1. The van der Waals surface area contributed by atoms with E-state index in [1.807, 2.05) is 24.3 Å². The Bertz CT molecular complexity index is 693. The van der Waals surface area contributed by atoms with Gasteiger partial charge in [0.15, 0.2) is 0 Å². The number of fused-ring (bicyclic) bond motifs is 1. The van der Waals surface area contributed by atoms with Gasteiger partial charge in [-0.3, -0.25) is 0 Å². The van der Waals surface area contributed by atoms with Crippen molar-refractivity contribution in [2.45, 2.75) is 6.61 Å². The highest BCUT2D eigenvalue weighted by Gasteiger charge is 2.06. The third-order valence-corrected chi connectivity index (χ3v) is 3.67. The molecule has 0 bridgehead atoms. The number of nitrogens with zero attached hydrogens (tertiary/aromatic N) is 1. The topological polar surface area (TPSA) is 48.1 Å². The molecule has 0 amide bonds. The quantitative estimate of drug-likeness (QED) is 0.742. The van der Waals surface area contributed by atoms with E-state index in [4.69, 9.17) is 10.5 Å². The van der Waals surface area contributed by atoms with Crippen molar-refractivity contribution in [3.63, 3.8) is 0 Å². The molecule has 5 heteroatoms. The minimum atomic E-state index is -0.371. The van der Waals surface area contributed by atoms with Crippen molar-refractivity contribution < 1.29 is 9.13 Å². The van der Waals surface area contributed by atoms with Gasteiger partial charge in [-0.05, 0) is 24.3 Å². The number of thiazole rings is 1. The largest absolute Gasteiger partial charge is 0.484 e. The first-order valence-corrected chi connectivity index (χ1v) is 6.56. The van der Waals surface area contributed by atoms with Crippen LogP contribution >= 0.6 is 11.3 Å². The summed E-state index contributed by atoms with van der Waals surface area (Å²) in [6.45, 7) is 0.329. The first kappa shape index (κ1) is 11.9. The number of nitrogen functional groups attached to an aromatic ring is 1. The van der Waals surface area contributed by atoms with Crippen molar-refractivity contribution in [3.05, 3.63) is 53.3 Å². The van der Waals surface area contributed by atoms with E-state index >= 15 is 0 Å². The molecule has 3 aromatic rings. The van der Waals surface area contributed by atoms with Crippen LogP contribution in [0.4, 0.5) is 10.1 Å². The molecule has 3 nitrogen and oxygen atoms in total. The summed E-state index contributed by atoms with van der Waals surface area (Å²) in [6, 6.07) is 12.0. The fourth-order valence-corrected chi connectivity index (χ4v) is 2.65. The first-order valence-electron chi connectivity index (χ1n) is 5.74. The summed E-state index contributed by atoms with van der Waals surface area (Å²) in [5.41, 5.74) is 6.93. The number of rotatable bonds is 3. The van der Waals surface area contributed by atoms with E-state index < -0.39 is 0 Å². The lowest BCUT2D eigenvalue weighted by molar-refractivity contribution is 0.307. The van der Waals surface area contributed by atoms with E-state index in [2.05, 4.69) is 4.98 Å². The third-order valence-electron chi connectivity index (χ3n) is 2.66. The number of para-hydroxylation sites is 1. The van der Waals surface area contributed by atoms with Gasteiger partial charge in [0.25, 0.3) is 0 Å². The Labute approximate surface area is 113 Å². The van der Waals surface area contributed by atoms with Gasteiger partial charge >= 0.3 is 0 Å². The van der Waals surface area contributed by atoms with Crippen LogP contribution in [0, 0.1) is 5.82 Å². The normalized spacial score (nSPS) is 10.8. The van der Waals surface area contributed by atoms with Gasteiger partial charge in [0.2, 0.25) is 0 Å². The average Bonchev–Trinajstić information content (AvgIpc) is 2.80. The Morgan fingerprint density at radius 1 is 1.21 bits per heavy atom. The summed E-state index contributed by atoms with van der Waals surface area (Å²) in [5.74, 6) is 0.102. The molecular weight excluding hydrogens is 263 g/mol.